The van der Waals surface area contributed by atoms with Gasteiger partial charge in [0.05, 0.1) is 16.8 Å². The van der Waals surface area contributed by atoms with Gasteiger partial charge in [0.25, 0.3) is 11.2 Å². The second-order valence-electron chi connectivity index (χ2n) is 7.12. The van der Waals surface area contributed by atoms with Crippen molar-refractivity contribution in [2.45, 2.75) is 20.4 Å². The number of rotatable bonds is 5. The van der Waals surface area contributed by atoms with Crippen molar-refractivity contribution >= 4 is 28.3 Å². The molecule has 2 aromatic carbocycles. The molecule has 10 nitrogen and oxygen atoms in total. The number of benzene rings is 2. The molecule has 0 saturated heterocycles. The Morgan fingerprint density at radius 2 is 2.00 bits per heavy atom. The Bertz CT molecular complexity index is 1390. The van der Waals surface area contributed by atoms with Crippen molar-refractivity contribution in [1.82, 2.24) is 19.3 Å². The monoisotopic (exact) mass is 418 g/mol. The van der Waals surface area contributed by atoms with Gasteiger partial charge in [-0.1, -0.05) is 23.8 Å². The van der Waals surface area contributed by atoms with Crippen LogP contribution >= 0.6 is 0 Å². The molecule has 0 saturated carbocycles. The zero-order chi connectivity index (χ0) is 22.1. The van der Waals surface area contributed by atoms with Crippen molar-refractivity contribution in [1.29, 1.82) is 0 Å². The number of hydrogen-bond donors (Lipinski definition) is 1. The molecule has 0 bridgehead atoms. The molecule has 0 unspecified atom stereocenters. The molecule has 4 aromatic rings. The van der Waals surface area contributed by atoms with Gasteiger partial charge < -0.3 is 5.32 Å². The van der Waals surface area contributed by atoms with Crippen LogP contribution in [0.1, 0.15) is 11.1 Å². The van der Waals surface area contributed by atoms with Gasteiger partial charge in [0.1, 0.15) is 18.3 Å². The number of nitro benzene ring substituents is 1. The van der Waals surface area contributed by atoms with E-state index in [4.69, 9.17) is 0 Å². The first-order valence-corrected chi connectivity index (χ1v) is 9.38. The molecule has 2 heterocycles. The summed E-state index contributed by atoms with van der Waals surface area (Å²) in [6.07, 6.45) is 2.72. The van der Waals surface area contributed by atoms with Crippen molar-refractivity contribution in [3.63, 3.8) is 0 Å². The van der Waals surface area contributed by atoms with Gasteiger partial charge in [-0.2, -0.15) is 5.10 Å². The average Bonchev–Trinajstić information content (AvgIpc) is 3.15. The lowest BCUT2D eigenvalue weighted by Gasteiger charge is -2.09. The molecule has 0 aliphatic heterocycles. The summed E-state index contributed by atoms with van der Waals surface area (Å²) in [7, 11) is 0. The average molecular weight is 418 g/mol. The van der Waals surface area contributed by atoms with Crippen LogP contribution in [0.15, 0.2) is 59.8 Å². The maximum Gasteiger partial charge on any atom is 0.271 e. The van der Waals surface area contributed by atoms with Gasteiger partial charge in [-0.3, -0.25) is 24.3 Å². The maximum absolute atomic E-state index is 12.8. The predicted octanol–water partition coefficient (Wildman–Crippen LogP) is 2.75. The summed E-state index contributed by atoms with van der Waals surface area (Å²) in [6.45, 7) is 3.65. The van der Waals surface area contributed by atoms with Crippen molar-refractivity contribution in [3.8, 4) is 5.69 Å². The highest BCUT2D eigenvalue weighted by atomic mass is 16.6. The molecular weight excluding hydrogens is 400 g/mol. The Kier molecular flexibility index (Phi) is 5.04. The summed E-state index contributed by atoms with van der Waals surface area (Å²) in [4.78, 5) is 39.9. The number of aryl methyl sites for hydroxylation is 2. The number of anilines is 1. The molecule has 4 rings (SSSR count). The van der Waals surface area contributed by atoms with E-state index < -0.39 is 16.4 Å². The molecule has 2 aromatic heterocycles. The van der Waals surface area contributed by atoms with Crippen LogP contribution in [-0.2, 0) is 11.3 Å². The molecule has 1 N–H and O–H groups in total. The Balaban J connectivity index is 1.60. The van der Waals surface area contributed by atoms with Crippen molar-refractivity contribution in [3.05, 3.63) is 86.6 Å². The summed E-state index contributed by atoms with van der Waals surface area (Å²) < 4.78 is 2.77. The SMILES string of the molecule is Cc1ccc(-n2ncc3c(=O)n(CC(=O)Nc4cccc([N+](=O)[O-])c4)cnc32)c(C)c1. The number of hydrogen-bond acceptors (Lipinski definition) is 6. The van der Waals surface area contributed by atoms with Crippen LogP contribution in [0.5, 0.6) is 0 Å². The fourth-order valence-corrected chi connectivity index (χ4v) is 3.33. The topological polar surface area (TPSA) is 125 Å². The minimum absolute atomic E-state index is 0.142. The lowest BCUT2D eigenvalue weighted by Crippen LogP contribution is -2.27. The van der Waals surface area contributed by atoms with Gasteiger partial charge in [0.15, 0.2) is 5.65 Å². The van der Waals surface area contributed by atoms with E-state index >= 15 is 0 Å². The van der Waals surface area contributed by atoms with Crippen LogP contribution in [0.25, 0.3) is 16.7 Å². The molecule has 0 radical (unpaired) electrons. The quantitative estimate of drug-likeness (QED) is 0.392. The molecule has 1 amide bonds. The van der Waals surface area contributed by atoms with E-state index in [-0.39, 0.29) is 23.3 Å². The molecule has 0 fully saturated rings. The third kappa shape index (κ3) is 3.90. The second kappa shape index (κ2) is 7.82. The van der Waals surface area contributed by atoms with Crippen molar-refractivity contribution in [2.75, 3.05) is 5.32 Å². The first kappa shape index (κ1) is 20.0. The lowest BCUT2D eigenvalue weighted by atomic mass is 10.1. The zero-order valence-corrected chi connectivity index (χ0v) is 16.8. The van der Waals surface area contributed by atoms with Gasteiger partial charge in [0.2, 0.25) is 5.91 Å². The number of nitrogens with zero attached hydrogens (tertiary/aromatic N) is 5. The van der Waals surface area contributed by atoms with Crippen LogP contribution in [0.4, 0.5) is 11.4 Å². The normalized spacial score (nSPS) is 10.9. The van der Waals surface area contributed by atoms with Crippen molar-refractivity contribution in [2.24, 2.45) is 0 Å². The summed E-state index contributed by atoms with van der Waals surface area (Å²) in [6, 6.07) is 11.5. The smallest absolute Gasteiger partial charge is 0.271 e. The molecule has 0 aliphatic rings. The summed E-state index contributed by atoms with van der Waals surface area (Å²) in [5, 5.41) is 18.0. The number of carbonyl (C=O) groups excluding carboxylic acids is 1. The third-order valence-corrected chi connectivity index (χ3v) is 4.79. The van der Waals surface area contributed by atoms with Crippen LogP contribution in [0.2, 0.25) is 0 Å². The molecule has 10 heteroatoms. The fourth-order valence-electron chi connectivity index (χ4n) is 3.33. The highest BCUT2D eigenvalue weighted by molar-refractivity contribution is 5.91. The summed E-state index contributed by atoms with van der Waals surface area (Å²) in [5.41, 5.74) is 3.03. The van der Waals surface area contributed by atoms with E-state index in [1.807, 2.05) is 32.0 Å². The number of nitrogens with one attached hydrogen (secondary N) is 1. The van der Waals surface area contributed by atoms with Crippen LogP contribution in [0, 0.1) is 24.0 Å². The summed E-state index contributed by atoms with van der Waals surface area (Å²) >= 11 is 0. The Morgan fingerprint density at radius 1 is 1.19 bits per heavy atom. The number of nitro groups is 1. The molecule has 31 heavy (non-hydrogen) atoms. The van der Waals surface area contributed by atoms with Crippen LogP contribution < -0.4 is 10.9 Å². The van der Waals surface area contributed by atoms with Crippen LogP contribution in [0.3, 0.4) is 0 Å². The van der Waals surface area contributed by atoms with E-state index in [2.05, 4.69) is 15.4 Å². The second-order valence-corrected chi connectivity index (χ2v) is 7.12. The first-order valence-electron chi connectivity index (χ1n) is 9.38. The molecule has 0 spiro atoms. The first-order chi connectivity index (χ1) is 14.8. The van der Waals surface area contributed by atoms with Gasteiger partial charge in [-0.05, 0) is 31.5 Å². The van der Waals surface area contributed by atoms with Gasteiger partial charge in [0, 0.05) is 17.8 Å². The third-order valence-electron chi connectivity index (χ3n) is 4.79. The highest BCUT2D eigenvalue weighted by Crippen LogP contribution is 2.19. The van der Waals surface area contributed by atoms with Gasteiger partial charge in [-0.25, -0.2) is 9.67 Å². The van der Waals surface area contributed by atoms with Crippen molar-refractivity contribution < 1.29 is 9.72 Å². The molecular formula is C21H18N6O4. The Labute approximate surface area is 175 Å². The van der Waals surface area contributed by atoms with E-state index in [0.717, 1.165) is 16.8 Å². The van der Waals surface area contributed by atoms with Gasteiger partial charge >= 0.3 is 0 Å². The molecule has 0 aliphatic carbocycles. The number of amides is 1. The van der Waals surface area contributed by atoms with Crippen LogP contribution in [-0.4, -0.2) is 30.2 Å². The van der Waals surface area contributed by atoms with E-state index in [9.17, 15) is 19.7 Å². The fraction of sp³-hybridized carbons (Fsp3) is 0.143. The highest BCUT2D eigenvalue weighted by Gasteiger charge is 2.15. The largest absolute Gasteiger partial charge is 0.324 e. The Hall–Kier alpha value is -4.34. The van der Waals surface area contributed by atoms with Gasteiger partial charge in [-0.15, -0.1) is 0 Å². The number of carbonyl (C=O) groups is 1. The number of non-ortho nitro benzene ring substituents is 1. The van der Waals surface area contributed by atoms with E-state index in [1.54, 1.807) is 4.68 Å². The van der Waals surface area contributed by atoms with E-state index in [0.29, 0.717) is 5.65 Å². The standard InChI is InChI=1S/C21H18N6O4/c1-13-6-7-18(14(2)8-13)26-20-17(10-23-26)21(29)25(12-22-20)11-19(28)24-15-4-3-5-16(9-15)27(30)31/h3-10,12H,11H2,1-2H3,(H,24,28). The molecule has 0 atom stereocenters. The lowest BCUT2D eigenvalue weighted by molar-refractivity contribution is -0.384. The number of fused-ring (bicyclic) bond motifs is 1. The molecule has 156 valence electrons. The minimum atomic E-state index is -0.550. The zero-order valence-electron chi connectivity index (χ0n) is 16.8. The predicted molar refractivity (Wildman–Crippen MR) is 114 cm³/mol. The minimum Gasteiger partial charge on any atom is -0.324 e. The Morgan fingerprint density at radius 3 is 2.74 bits per heavy atom. The summed E-state index contributed by atoms with van der Waals surface area (Å²) in [5.74, 6) is -0.509. The number of aromatic nitrogens is 4. The maximum atomic E-state index is 12.8. The van der Waals surface area contributed by atoms with E-state index in [1.165, 1.54) is 41.4 Å².